The van der Waals surface area contributed by atoms with Crippen LogP contribution in [0.1, 0.15) is 16.1 Å². The molecule has 1 heterocycles. The van der Waals surface area contributed by atoms with Crippen LogP contribution in [0.2, 0.25) is 0 Å². The molecule has 0 fully saturated rings. The predicted molar refractivity (Wildman–Crippen MR) is 129 cm³/mol. The zero-order valence-electron chi connectivity index (χ0n) is 18.4. The van der Waals surface area contributed by atoms with Crippen molar-refractivity contribution in [3.05, 3.63) is 114 Å². The molecule has 0 bridgehead atoms. The third kappa shape index (κ3) is 5.72. The number of amides is 2. The summed E-state index contributed by atoms with van der Waals surface area (Å²) in [5.74, 6) is 1.13. The second-order valence-electron chi connectivity index (χ2n) is 7.12. The fourth-order valence-corrected chi connectivity index (χ4v) is 3.07. The average molecular weight is 454 g/mol. The third-order valence-electron chi connectivity index (χ3n) is 4.78. The molecule has 3 aromatic carbocycles. The highest BCUT2D eigenvalue weighted by molar-refractivity contribution is 6.11. The lowest BCUT2D eigenvalue weighted by Gasteiger charge is -2.14. The van der Waals surface area contributed by atoms with E-state index in [1.54, 1.807) is 67.8 Å². The van der Waals surface area contributed by atoms with E-state index in [0.29, 0.717) is 34.3 Å². The molecule has 2 N–H and O–H groups in total. The molecule has 170 valence electrons. The van der Waals surface area contributed by atoms with Crippen LogP contribution in [0.25, 0.3) is 6.08 Å². The quantitative estimate of drug-likeness (QED) is 0.344. The van der Waals surface area contributed by atoms with Crippen molar-refractivity contribution in [1.82, 2.24) is 5.32 Å². The van der Waals surface area contributed by atoms with Crippen LogP contribution in [0.3, 0.4) is 0 Å². The van der Waals surface area contributed by atoms with Crippen molar-refractivity contribution in [2.24, 2.45) is 0 Å². The van der Waals surface area contributed by atoms with Gasteiger partial charge in [-0.1, -0.05) is 30.3 Å². The summed E-state index contributed by atoms with van der Waals surface area (Å²) in [4.78, 5) is 26.0. The second-order valence-corrected chi connectivity index (χ2v) is 7.12. The summed E-state index contributed by atoms with van der Waals surface area (Å²) < 4.78 is 16.4. The molecule has 0 saturated heterocycles. The lowest BCUT2D eigenvalue weighted by Crippen LogP contribution is -2.30. The Labute approximate surface area is 196 Å². The molecule has 0 spiro atoms. The number of benzene rings is 3. The molecule has 0 aliphatic carbocycles. The number of ether oxygens (including phenoxy) is 2. The van der Waals surface area contributed by atoms with E-state index < -0.39 is 11.8 Å². The Morgan fingerprint density at radius 1 is 0.824 bits per heavy atom. The van der Waals surface area contributed by atoms with E-state index in [4.69, 9.17) is 13.9 Å². The third-order valence-corrected chi connectivity index (χ3v) is 4.78. The minimum atomic E-state index is -0.539. The lowest BCUT2D eigenvalue weighted by molar-refractivity contribution is -0.113. The first-order valence-electron chi connectivity index (χ1n) is 10.5. The molecule has 4 aromatic rings. The first-order chi connectivity index (χ1) is 16.6. The molecule has 2 amide bonds. The molecule has 4 rings (SSSR count). The Hall–Kier alpha value is -4.78. The van der Waals surface area contributed by atoms with Crippen LogP contribution in [0.5, 0.6) is 17.2 Å². The number of hydrogen-bond acceptors (Lipinski definition) is 5. The topological polar surface area (TPSA) is 89.8 Å². The van der Waals surface area contributed by atoms with Gasteiger partial charge in [-0.2, -0.15) is 0 Å². The van der Waals surface area contributed by atoms with Crippen LogP contribution >= 0.6 is 0 Å². The normalized spacial score (nSPS) is 10.9. The number of anilines is 1. The van der Waals surface area contributed by atoms with Crippen LogP contribution in [-0.2, 0) is 4.79 Å². The highest BCUT2D eigenvalue weighted by Crippen LogP contribution is 2.29. The van der Waals surface area contributed by atoms with Crippen LogP contribution < -0.4 is 20.1 Å². The van der Waals surface area contributed by atoms with E-state index in [1.165, 1.54) is 12.3 Å². The molecule has 0 radical (unpaired) electrons. The summed E-state index contributed by atoms with van der Waals surface area (Å²) in [7, 11) is 1.54. The van der Waals surface area contributed by atoms with Gasteiger partial charge in [-0.05, 0) is 60.7 Å². The molecular formula is C27H22N2O5. The molecule has 0 saturated carbocycles. The van der Waals surface area contributed by atoms with Crippen molar-refractivity contribution in [2.45, 2.75) is 0 Å². The minimum Gasteiger partial charge on any atom is -0.497 e. The standard InChI is InChI=1S/C27H22N2O5/c1-32-20-15-13-19(14-16-20)26(30)29-24(18-22-10-7-17-33-22)27(31)28-23-11-5-6-12-25(23)34-21-8-3-2-4-9-21/h2-18H,1H3,(H,28,31)(H,29,30)/b24-18-. The molecule has 0 aliphatic heterocycles. The Kier molecular flexibility index (Phi) is 7.05. The Morgan fingerprint density at radius 3 is 2.26 bits per heavy atom. The Balaban J connectivity index is 1.56. The van der Waals surface area contributed by atoms with Gasteiger partial charge in [0, 0.05) is 11.6 Å². The number of para-hydroxylation sites is 3. The van der Waals surface area contributed by atoms with Gasteiger partial charge < -0.3 is 24.5 Å². The van der Waals surface area contributed by atoms with Crippen molar-refractivity contribution in [1.29, 1.82) is 0 Å². The summed E-state index contributed by atoms with van der Waals surface area (Å²) >= 11 is 0. The maximum Gasteiger partial charge on any atom is 0.272 e. The number of methoxy groups -OCH3 is 1. The van der Waals surface area contributed by atoms with Crippen LogP contribution in [0.15, 0.2) is 107 Å². The minimum absolute atomic E-state index is 0.00489. The number of furan rings is 1. The fourth-order valence-electron chi connectivity index (χ4n) is 3.07. The van der Waals surface area contributed by atoms with E-state index in [2.05, 4.69) is 10.6 Å². The first-order valence-corrected chi connectivity index (χ1v) is 10.5. The van der Waals surface area contributed by atoms with Gasteiger partial charge in [-0.15, -0.1) is 0 Å². The number of hydrogen-bond donors (Lipinski definition) is 2. The summed E-state index contributed by atoms with van der Waals surface area (Å²) in [6.45, 7) is 0. The first kappa shape index (κ1) is 22.4. The van der Waals surface area contributed by atoms with Crippen molar-refractivity contribution >= 4 is 23.6 Å². The van der Waals surface area contributed by atoms with Crippen molar-refractivity contribution in [2.75, 3.05) is 12.4 Å². The zero-order chi connectivity index (χ0) is 23.8. The number of rotatable bonds is 8. The van der Waals surface area contributed by atoms with Crippen LogP contribution in [0, 0.1) is 0 Å². The van der Waals surface area contributed by atoms with Crippen LogP contribution in [0.4, 0.5) is 5.69 Å². The molecule has 0 aliphatic rings. The van der Waals surface area contributed by atoms with Gasteiger partial charge in [0.2, 0.25) is 0 Å². The van der Waals surface area contributed by atoms with Crippen molar-refractivity contribution in [3.63, 3.8) is 0 Å². The summed E-state index contributed by atoms with van der Waals surface area (Å²) in [5.41, 5.74) is 0.817. The fraction of sp³-hybridized carbons (Fsp3) is 0.0370. The maximum absolute atomic E-state index is 13.2. The van der Waals surface area contributed by atoms with E-state index >= 15 is 0 Å². The number of carbonyl (C=O) groups excluding carboxylic acids is 2. The average Bonchev–Trinajstić information content (AvgIpc) is 3.38. The van der Waals surface area contributed by atoms with E-state index in [1.807, 2.05) is 30.3 Å². The molecule has 0 unspecified atom stereocenters. The molecular weight excluding hydrogens is 432 g/mol. The van der Waals surface area contributed by atoms with E-state index in [-0.39, 0.29) is 5.70 Å². The van der Waals surface area contributed by atoms with Gasteiger partial charge in [0.1, 0.15) is 23.0 Å². The Morgan fingerprint density at radius 2 is 1.56 bits per heavy atom. The highest BCUT2D eigenvalue weighted by atomic mass is 16.5. The van der Waals surface area contributed by atoms with Crippen molar-refractivity contribution in [3.8, 4) is 17.2 Å². The van der Waals surface area contributed by atoms with E-state index in [9.17, 15) is 9.59 Å². The Bertz CT molecular complexity index is 1280. The summed E-state index contributed by atoms with van der Waals surface area (Å²) in [6, 6.07) is 26.2. The molecule has 7 nitrogen and oxygen atoms in total. The van der Waals surface area contributed by atoms with Crippen molar-refractivity contribution < 1.29 is 23.5 Å². The monoisotopic (exact) mass is 454 g/mol. The SMILES string of the molecule is COc1ccc(C(=O)N/C(=C\c2ccco2)C(=O)Nc2ccccc2Oc2ccccc2)cc1. The zero-order valence-corrected chi connectivity index (χ0v) is 18.4. The number of carbonyl (C=O) groups is 2. The molecule has 7 heteroatoms. The largest absolute Gasteiger partial charge is 0.497 e. The van der Waals surface area contributed by atoms with Gasteiger partial charge in [-0.3, -0.25) is 9.59 Å². The van der Waals surface area contributed by atoms with Crippen LogP contribution in [-0.4, -0.2) is 18.9 Å². The highest BCUT2D eigenvalue weighted by Gasteiger charge is 2.17. The molecule has 0 atom stereocenters. The smallest absolute Gasteiger partial charge is 0.272 e. The predicted octanol–water partition coefficient (Wildman–Crippen LogP) is 5.49. The molecule has 34 heavy (non-hydrogen) atoms. The van der Waals surface area contributed by atoms with Gasteiger partial charge >= 0.3 is 0 Å². The maximum atomic E-state index is 13.2. The summed E-state index contributed by atoms with van der Waals surface area (Å²) in [6.07, 6.45) is 2.94. The molecule has 1 aromatic heterocycles. The van der Waals surface area contributed by atoms with Gasteiger partial charge in [0.15, 0.2) is 5.75 Å². The van der Waals surface area contributed by atoms with E-state index in [0.717, 1.165) is 0 Å². The number of nitrogens with one attached hydrogen (secondary N) is 2. The van der Waals surface area contributed by atoms with Gasteiger partial charge in [0.05, 0.1) is 19.1 Å². The van der Waals surface area contributed by atoms with Gasteiger partial charge in [0.25, 0.3) is 11.8 Å². The second kappa shape index (κ2) is 10.7. The van der Waals surface area contributed by atoms with Gasteiger partial charge in [-0.25, -0.2) is 0 Å². The lowest BCUT2D eigenvalue weighted by atomic mass is 10.2. The summed E-state index contributed by atoms with van der Waals surface area (Å²) in [5, 5.41) is 5.48.